The van der Waals surface area contributed by atoms with E-state index in [1.54, 1.807) is 12.1 Å². The van der Waals surface area contributed by atoms with E-state index in [9.17, 15) is 13.5 Å². The maximum absolute atomic E-state index is 11.6. The predicted molar refractivity (Wildman–Crippen MR) is 120 cm³/mol. The summed E-state index contributed by atoms with van der Waals surface area (Å²) in [5, 5.41) is 10.0. The molecular formula is C24H28N2O4S. The number of nitrogens with zero attached hydrogens (tertiary/aromatic N) is 2. The lowest BCUT2D eigenvalue weighted by molar-refractivity contribution is 0.114. The minimum absolute atomic E-state index is 0.0135. The molecule has 2 aromatic carbocycles. The van der Waals surface area contributed by atoms with Crippen LogP contribution in [0.1, 0.15) is 37.3 Å². The largest absolute Gasteiger partial charge is 0.441 e. The summed E-state index contributed by atoms with van der Waals surface area (Å²) in [6.07, 6.45) is 3.47. The normalized spacial score (nSPS) is 18.4. The van der Waals surface area contributed by atoms with E-state index >= 15 is 0 Å². The van der Waals surface area contributed by atoms with E-state index in [2.05, 4.69) is 11.8 Å². The quantitative estimate of drug-likeness (QED) is 0.617. The van der Waals surface area contributed by atoms with E-state index in [1.165, 1.54) is 6.26 Å². The van der Waals surface area contributed by atoms with Gasteiger partial charge in [-0.1, -0.05) is 24.3 Å². The minimum Gasteiger partial charge on any atom is -0.441 e. The summed E-state index contributed by atoms with van der Waals surface area (Å²) in [6, 6.07) is 15.0. The molecule has 1 aromatic heterocycles. The fourth-order valence-electron chi connectivity index (χ4n) is 4.31. The van der Waals surface area contributed by atoms with Crippen LogP contribution in [0.5, 0.6) is 0 Å². The van der Waals surface area contributed by atoms with Gasteiger partial charge in [0.05, 0.1) is 17.5 Å². The number of oxazole rings is 1. The third kappa shape index (κ3) is 4.44. The Morgan fingerprint density at radius 3 is 2.19 bits per heavy atom. The Hall–Kier alpha value is -2.48. The topological polar surface area (TPSA) is 83.6 Å². The SMILES string of the molecule is Cc1oc(-c2ccc(-c3ccc(S(C)(=O)=O)cc3)cc2)nc1C(CO)N1CCCC1C. The van der Waals surface area contributed by atoms with E-state index in [4.69, 9.17) is 9.40 Å². The molecule has 2 atom stereocenters. The molecule has 2 heterocycles. The van der Waals surface area contributed by atoms with Crippen molar-refractivity contribution in [1.82, 2.24) is 9.88 Å². The first-order valence-corrected chi connectivity index (χ1v) is 12.4. The summed E-state index contributed by atoms with van der Waals surface area (Å²) < 4.78 is 29.3. The van der Waals surface area contributed by atoms with Crippen molar-refractivity contribution in [2.24, 2.45) is 0 Å². The number of likely N-dealkylation sites (tertiary alicyclic amines) is 1. The van der Waals surface area contributed by atoms with Gasteiger partial charge in [0.1, 0.15) is 11.5 Å². The maximum atomic E-state index is 11.6. The van der Waals surface area contributed by atoms with Crippen LogP contribution in [0.3, 0.4) is 0 Å². The zero-order valence-electron chi connectivity index (χ0n) is 18.1. The lowest BCUT2D eigenvalue weighted by Gasteiger charge is -2.28. The second-order valence-corrected chi connectivity index (χ2v) is 10.3. The van der Waals surface area contributed by atoms with Crippen molar-refractivity contribution >= 4 is 9.84 Å². The van der Waals surface area contributed by atoms with Gasteiger partial charge in [-0.05, 0) is 68.6 Å². The molecule has 6 nitrogen and oxygen atoms in total. The van der Waals surface area contributed by atoms with Gasteiger partial charge in [0.2, 0.25) is 5.89 Å². The smallest absolute Gasteiger partial charge is 0.226 e. The maximum Gasteiger partial charge on any atom is 0.226 e. The van der Waals surface area contributed by atoms with Crippen molar-refractivity contribution in [3.05, 3.63) is 60.0 Å². The van der Waals surface area contributed by atoms with Crippen molar-refractivity contribution in [3.8, 4) is 22.6 Å². The molecule has 4 rings (SSSR count). The Bertz CT molecular complexity index is 1150. The van der Waals surface area contributed by atoms with Crippen molar-refractivity contribution in [1.29, 1.82) is 0 Å². The second kappa shape index (κ2) is 8.57. The van der Waals surface area contributed by atoms with Crippen LogP contribution in [0.25, 0.3) is 22.6 Å². The van der Waals surface area contributed by atoms with Gasteiger partial charge in [-0.15, -0.1) is 0 Å². The van der Waals surface area contributed by atoms with E-state index in [0.717, 1.165) is 47.5 Å². The van der Waals surface area contributed by atoms with Crippen LogP contribution in [-0.2, 0) is 9.84 Å². The third-order valence-corrected chi connectivity index (χ3v) is 7.20. The van der Waals surface area contributed by atoms with Crippen LogP contribution in [0, 0.1) is 6.92 Å². The molecule has 2 unspecified atom stereocenters. The number of benzene rings is 2. The molecule has 0 spiro atoms. The Kier molecular flexibility index (Phi) is 6.01. The Balaban J connectivity index is 1.58. The van der Waals surface area contributed by atoms with E-state index in [1.807, 2.05) is 43.3 Å². The van der Waals surface area contributed by atoms with E-state index < -0.39 is 9.84 Å². The van der Waals surface area contributed by atoms with Gasteiger partial charge in [0, 0.05) is 17.9 Å². The second-order valence-electron chi connectivity index (χ2n) is 8.26. The molecule has 1 aliphatic rings. The Morgan fingerprint density at radius 1 is 1.10 bits per heavy atom. The van der Waals surface area contributed by atoms with Crippen molar-refractivity contribution in [2.45, 2.75) is 43.7 Å². The fourth-order valence-corrected chi connectivity index (χ4v) is 4.94. The number of hydrogen-bond donors (Lipinski definition) is 1. The standard InChI is InChI=1S/C24H28N2O4S/c1-16-5-4-14-26(16)22(15-27)23-17(2)30-24(25-23)20-8-6-18(7-9-20)19-10-12-21(13-11-19)31(3,28)29/h6-13,16,22,27H,4-5,14-15H2,1-3H3. The van der Waals surface area contributed by atoms with Gasteiger partial charge in [0.25, 0.3) is 0 Å². The minimum atomic E-state index is -3.21. The summed E-state index contributed by atoms with van der Waals surface area (Å²) in [7, 11) is -3.21. The molecule has 1 N–H and O–H groups in total. The highest BCUT2D eigenvalue weighted by molar-refractivity contribution is 7.90. The van der Waals surface area contributed by atoms with Crippen LogP contribution >= 0.6 is 0 Å². The summed E-state index contributed by atoms with van der Waals surface area (Å²) >= 11 is 0. The molecule has 31 heavy (non-hydrogen) atoms. The van der Waals surface area contributed by atoms with Gasteiger partial charge in [-0.3, -0.25) is 4.90 Å². The molecule has 164 valence electrons. The summed E-state index contributed by atoms with van der Waals surface area (Å²) in [5.41, 5.74) is 3.57. The molecule has 0 aliphatic carbocycles. The average Bonchev–Trinajstić information content (AvgIpc) is 3.35. The number of aromatic nitrogens is 1. The van der Waals surface area contributed by atoms with Gasteiger partial charge >= 0.3 is 0 Å². The fraction of sp³-hybridized carbons (Fsp3) is 0.375. The predicted octanol–water partition coefficient (Wildman–Crippen LogP) is 4.24. The van der Waals surface area contributed by atoms with E-state index in [-0.39, 0.29) is 12.6 Å². The molecule has 7 heteroatoms. The van der Waals surface area contributed by atoms with Crippen LogP contribution in [0.2, 0.25) is 0 Å². The summed E-state index contributed by atoms with van der Waals surface area (Å²) in [4.78, 5) is 7.35. The first-order chi connectivity index (χ1) is 14.8. The molecular weight excluding hydrogens is 412 g/mol. The third-order valence-electron chi connectivity index (χ3n) is 6.07. The first kappa shape index (κ1) is 21.7. The highest BCUT2D eigenvalue weighted by atomic mass is 32.2. The van der Waals surface area contributed by atoms with Gasteiger partial charge in [0.15, 0.2) is 9.84 Å². The Morgan fingerprint density at radius 2 is 1.68 bits per heavy atom. The monoisotopic (exact) mass is 440 g/mol. The summed E-state index contributed by atoms with van der Waals surface area (Å²) in [5.74, 6) is 1.27. The van der Waals surface area contributed by atoms with Gasteiger partial charge < -0.3 is 9.52 Å². The number of aliphatic hydroxyl groups is 1. The lowest BCUT2D eigenvalue weighted by atomic mass is 10.0. The van der Waals surface area contributed by atoms with Crippen LogP contribution in [0.4, 0.5) is 0 Å². The highest BCUT2D eigenvalue weighted by Gasteiger charge is 2.32. The van der Waals surface area contributed by atoms with Crippen molar-refractivity contribution in [3.63, 3.8) is 0 Å². The molecule has 3 aromatic rings. The number of aryl methyl sites for hydroxylation is 1. The molecule has 1 aliphatic heterocycles. The molecule has 0 saturated carbocycles. The molecule has 1 fully saturated rings. The average molecular weight is 441 g/mol. The molecule has 0 radical (unpaired) electrons. The van der Waals surface area contributed by atoms with Crippen molar-refractivity contribution in [2.75, 3.05) is 19.4 Å². The van der Waals surface area contributed by atoms with Gasteiger partial charge in [-0.2, -0.15) is 0 Å². The zero-order chi connectivity index (χ0) is 22.2. The number of sulfone groups is 1. The first-order valence-electron chi connectivity index (χ1n) is 10.5. The highest BCUT2D eigenvalue weighted by Crippen LogP contribution is 2.33. The number of hydrogen-bond acceptors (Lipinski definition) is 6. The molecule has 0 bridgehead atoms. The molecule has 1 saturated heterocycles. The number of aliphatic hydroxyl groups excluding tert-OH is 1. The van der Waals surface area contributed by atoms with Gasteiger partial charge in [-0.25, -0.2) is 13.4 Å². The molecule has 0 amide bonds. The Labute approximate surface area is 183 Å². The lowest BCUT2D eigenvalue weighted by Crippen LogP contribution is -2.34. The summed E-state index contributed by atoms with van der Waals surface area (Å²) in [6.45, 7) is 5.06. The van der Waals surface area contributed by atoms with E-state index in [0.29, 0.717) is 16.8 Å². The van der Waals surface area contributed by atoms with Crippen LogP contribution < -0.4 is 0 Å². The zero-order valence-corrected chi connectivity index (χ0v) is 18.9. The number of rotatable bonds is 6. The van der Waals surface area contributed by atoms with Crippen molar-refractivity contribution < 1.29 is 17.9 Å². The van der Waals surface area contributed by atoms with Crippen LogP contribution in [0.15, 0.2) is 57.8 Å². The van der Waals surface area contributed by atoms with Crippen LogP contribution in [-0.4, -0.2) is 48.9 Å².